The first-order valence-corrected chi connectivity index (χ1v) is 4.70. The predicted molar refractivity (Wildman–Crippen MR) is 52.8 cm³/mol. The van der Waals surface area contributed by atoms with Gasteiger partial charge in [0.05, 0.1) is 13.2 Å². The van der Waals surface area contributed by atoms with Crippen molar-refractivity contribution >= 4 is 5.97 Å². The van der Waals surface area contributed by atoms with Gasteiger partial charge in [-0.3, -0.25) is 0 Å². The molecule has 1 unspecified atom stereocenters. The minimum absolute atomic E-state index is 0.0564. The van der Waals surface area contributed by atoms with Gasteiger partial charge < -0.3 is 9.47 Å². The maximum Gasteiger partial charge on any atom is 0.368 e. The van der Waals surface area contributed by atoms with Crippen molar-refractivity contribution in [1.29, 1.82) is 0 Å². The summed E-state index contributed by atoms with van der Waals surface area (Å²) in [7, 11) is 0. The van der Waals surface area contributed by atoms with Gasteiger partial charge in [0.25, 0.3) is 6.36 Å². The van der Waals surface area contributed by atoms with Crippen LogP contribution in [0, 0.1) is 0 Å². The molecule has 15 heavy (non-hydrogen) atoms. The summed E-state index contributed by atoms with van der Waals surface area (Å²) in [6.45, 7) is 1.82. The largest absolute Gasteiger partial charge is 0.462 e. The molecule has 3 nitrogen and oxygen atoms in total. The molecule has 4 heteroatoms. The minimum atomic E-state index is -2.01. The van der Waals surface area contributed by atoms with Crippen molar-refractivity contribution in [3.05, 3.63) is 35.9 Å². The van der Waals surface area contributed by atoms with Crippen LogP contribution in [0.5, 0.6) is 0 Å². The highest BCUT2D eigenvalue weighted by Gasteiger charge is 2.18. The van der Waals surface area contributed by atoms with Crippen LogP contribution in [0.4, 0.5) is 4.39 Å². The molecule has 0 amide bonds. The standard InChI is InChI=1S/C11H13FO3/c1-2-14-11(13)10(12)15-8-9-6-4-3-5-7-9/h3-7,10H,2,8H2,1H3. The lowest BCUT2D eigenvalue weighted by molar-refractivity contribution is -0.170. The van der Waals surface area contributed by atoms with Crippen LogP contribution in [0.1, 0.15) is 12.5 Å². The van der Waals surface area contributed by atoms with Crippen LogP contribution in [0.2, 0.25) is 0 Å². The van der Waals surface area contributed by atoms with Gasteiger partial charge in [-0.05, 0) is 12.5 Å². The molecule has 1 rings (SSSR count). The third-order valence-electron chi connectivity index (χ3n) is 1.71. The number of ether oxygens (including phenoxy) is 2. The zero-order chi connectivity index (χ0) is 11.1. The van der Waals surface area contributed by atoms with Gasteiger partial charge in [-0.25, -0.2) is 9.18 Å². The second-order valence-corrected chi connectivity index (χ2v) is 2.86. The number of rotatable bonds is 5. The van der Waals surface area contributed by atoms with Crippen molar-refractivity contribution in [3.63, 3.8) is 0 Å². The molecule has 0 bridgehead atoms. The predicted octanol–water partition coefficient (Wildman–Crippen LogP) is 2.06. The summed E-state index contributed by atoms with van der Waals surface area (Å²) in [5.74, 6) is -0.978. The minimum Gasteiger partial charge on any atom is -0.462 e. The first kappa shape index (κ1) is 11.7. The Morgan fingerprint density at radius 1 is 1.40 bits per heavy atom. The van der Waals surface area contributed by atoms with E-state index in [1.807, 2.05) is 18.2 Å². The van der Waals surface area contributed by atoms with Gasteiger partial charge in [0, 0.05) is 0 Å². The lowest BCUT2D eigenvalue weighted by atomic mass is 10.2. The number of esters is 1. The molecule has 0 aliphatic rings. The van der Waals surface area contributed by atoms with Crippen molar-refractivity contribution in [1.82, 2.24) is 0 Å². The first-order chi connectivity index (χ1) is 7.24. The van der Waals surface area contributed by atoms with E-state index in [4.69, 9.17) is 4.74 Å². The molecular formula is C11H13FO3. The van der Waals surface area contributed by atoms with Crippen molar-refractivity contribution in [3.8, 4) is 0 Å². The van der Waals surface area contributed by atoms with Gasteiger partial charge in [0.2, 0.25) is 0 Å². The topological polar surface area (TPSA) is 35.5 Å². The van der Waals surface area contributed by atoms with E-state index in [-0.39, 0.29) is 13.2 Å². The highest BCUT2D eigenvalue weighted by Crippen LogP contribution is 2.05. The molecule has 0 aliphatic heterocycles. The fourth-order valence-electron chi connectivity index (χ4n) is 1.02. The molecule has 0 fully saturated rings. The Balaban J connectivity index is 2.34. The fourth-order valence-corrected chi connectivity index (χ4v) is 1.02. The van der Waals surface area contributed by atoms with Gasteiger partial charge in [0.15, 0.2) is 0 Å². The van der Waals surface area contributed by atoms with E-state index >= 15 is 0 Å². The lowest BCUT2D eigenvalue weighted by Gasteiger charge is -2.08. The van der Waals surface area contributed by atoms with Crippen LogP contribution in [-0.2, 0) is 20.9 Å². The number of halogens is 1. The van der Waals surface area contributed by atoms with Crippen molar-refractivity contribution < 1.29 is 18.7 Å². The smallest absolute Gasteiger partial charge is 0.368 e. The molecule has 0 N–H and O–H groups in total. The zero-order valence-corrected chi connectivity index (χ0v) is 8.48. The van der Waals surface area contributed by atoms with E-state index in [1.54, 1.807) is 19.1 Å². The SMILES string of the molecule is CCOC(=O)C(F)OCc1ccccc1. The molecule has 0 spiro atoms. The summed E-state index contributed by atoms with van der Waals surface area (Å²) < 4.78 is 22.1. The molecule has 0 saturated heterocycles. The van der Waals surface area contributed by atoms with Crippen molar-refractivity contribution in [2.45, 2.75) is 19.9 Å². The maximum atomic E-state index is 13.0. The van der Waals surface area contributed by atoms with Crippen LogP contribution >= 0.6 is 0 Å². The summed E-state index contributed by atoms with van der Waals surface area (Å²) in [6.07, 6.45) is -2.01. The lowest BCUT2D eigenvalue weighted by Crippen LogP contribution is -2.21. The third kappa shape index (κ3) is 4.08. The number of alkyl halides is 1. The number of hydrogen-bond donors (Lipinski definition) is 0. The summed E-state index contributed by atoms with van der Waals surface area (Å²) in [6, 6.07) is 9.06. The Labute approximate surface area is 87.8 Å². The van der Waals surface area contributed by atoms with Crippen LogP contribution in [-0.4, -0.2) is 18.9 Å². The van der Waals surface area contributed by atoms with Gasteiger partial charge in [0.1, 0.15) is 0 Å². The normalized spacial score (nSPS) is 12.1. The van der Waals surface area contributed by atoms with Crippen LogP contribution in [0.3, 0.4) is 0 Å². The zero-order valence-electron chi connectivity index (χ0n) is 8.48. The van der Waals surface area contributed by atoms with Gasteiger partial charge in [-0.2, -0.15) is 0 Å². The van der Waals surface area contributed by atoms with E-state index in [1.165, 1.54) is 0 Å². The molecule has 1 atom stereocenters. The summed E-state index contributed by atoms with van der Waals surface area (Å²) >= 11 is 0. The van der Waals surface area contributed by atoms with Crippen LogP contribution < -0.4 is 0 Å². The number of hydrogen-bond acceptors (Lipinski definition) is 3. The monoisotopic (exact) mass is 212 g/mol. The van der Waals surface area contributed by atoms with Crippen LogP contribution in [0.15, 0.2) is 30.3 Å². The van der Waals surface area contributed by atoms with Crippen molar-refractivity contribution in [2.75, 3.05) is 6.61 Å². The Bertz CT molecular complexity index is 300. The van der Waals surface area contributed by atoms with Gasteiger partial charge in [-0.15, -0.1) is 0 Å². The molecule has 0 heterocycles. The van der Waals surface area contributed by atoms with Crippen LogP contribution in [0.25, 0.3) is 0 Å². The summed E-state index contributed by atoms with van der Waals surface area (Å²) in [5.41, 5.74) is 0.810. The highest BCUT2D eigenvalue weighted by molar-refractivity contribution is 5.72. The summed E-state index contributed by atoms with van der Waals surface area (Å²) in [4.78, 5) is 10.8. The molecule has 0 radical (unpaired) electrons. The van der Waals surface area contributed by atoms with Crippen molar-refractivity contribution in [2.24, 2.45) is 0 Å². The molecular weight excluding hydrogens is 199 g/mol. The highest BCUT2D eigenvalue weighted by atomic mass is 19.1. The number of carbonyl (C=O) groups excluding carboxylic acids is 1. The molecule has 82 valence electrons. The average molecular weight is 212 g/mol. The molecule has 0 aromatic heterocycles. The second kappa shape index (κ2) is 6.14. The molecule has 0 saturated carbocycles. The van der Waals surface area contributed by atoms with E-state index in [0.29, 0.717) is 0 Å². The first-order valence-electron chi connectivity index (χ1n) is 4.70. The van der Waals surface area contributed by atoms with E-state index in [9.17, 15) is 9.18 Å². The Morgan fingerprint density at radius 2 is 2.07 bits per heavy atom. The Morgan fingerprint density at radius 3 is 2.67 bits per heavy atom. The fraction of sp³-hybridized carbons (Fsp3) is 0.364. The quantitative estimate of drug-likeness (QED) is 0.701. The summed E-state index contributed by atoms with van der Waals surface area (Å²) in [5, 5.41) is 0. The molecule has 0 aliphatic carbocycles. The third-order valence-corrected chi connectivity index (χ3v) is 1.71. The Hall–Kier alpha value is -1.42. The Kier molecular flexibility index (Phi) is 4.77. The van der Waals surface area contributed by atoms with E-state index in [0.717, 1.165) is 5.56 Å². The number of carbonyl (C=O) groups is 1. The van der Waals surface area contributed by atoms with E-state index in [2.05, 4.69) is 4.74 Å². The van der Waals surface area contributed by atoms with E-state index < -0.39 is 12.3 Å². The number of benzene rings is 1. The second-order valence-electron chi connectivity index (χ2n) is 2.86. The van der Waals surface area contributed by atoms with Gasteiger partial charge >= 0.3 is 5.97 Å². The maximum absolute atomic E-state index is 13.0. The average Bonchev–Trinajstić information content (AvgIpc) is 2.27. The molecule has 1 aromatic rings. The van der Waals surface area contributed by atoms with Gasteiger partial charge in [-0.1, -0.05) is 30.3 Å². The molecule has 1 aromatic carbocycles.